The van der Waals surface area contributed by atoms with E-state index >= 15 is 0 Å². The molecule has 0 heterocycles. The van der Waals surface area contributed by atoms with E-state index in [-0.39, 0.29) is 11.9 Å². The summed E-state index contributed by atoms with van der Waals surface area (Å²) in [6.07, 6.45) is 1.97. The van der Waals surface area contributed by atoms with Crippen LogP contribution in [0.4, 0.5) is 5.69 Å². The minimum absolute atomic E-state index is 0.109. The van der Waals surface area contributed by atoms with Crippen LogP contribution in [0.15, 0.2) is 16.6 Å². The average Bonchev–Trinajstić information content (AvgIpc) is 2.22. The first-order valence-electron chi connectivity index (χ1n) is 5.60. The van der Waals surface area contributed by atoms with E-state index in [1.807, 2.05) is 6.92 Å². The molecule has 0 aliphatic rings. The Bertz CT molecular complexity index is 415. The van der Waals surface area contributed by atoms with Gasteiger partial charge in [0.25, 0.3) is 0 Å². The molecule has 0 bridgehead atoms. The van der Waals surface area contributed by atoms with Crippen molar-refractivity contribution in [3.8, 4) is 0 Å². The summed E-state index contributed by atoms with van der Waals surface area (Å²) in [7, 11) is 0. The van der Waals surface area contributed by atoms with Crippen LogP contribution in [-0.4, -0.2) is 11.9 Å². The number of anilines is 1. The molecular weight excluding hydrogens is 339 g/mol. The Morgan fingerprint density at radius 3 is 2.50 bits per heavy atom. The molecule has 3 nitrogen and oxygen atoms in total. The van der Waals surface area contributed by atoms with Gasteiger partial charge in [-0.15, -0.1) is 0 Å². The first kappa shape index (κ1) is 15.8. The van der Waals surface area contributed by atoms with Crippen LogP contribution < -0.4 is 11.1 Å². The van der Waals surface area contributed by atoms with Crippen LogP contribution in [-0.2, 0) is 4.79 Å². The molecule has 1 amide bonds. The second-order valence-corrected chi connectivity index (χ2v) is 5.89. The Kier molecular flexibility index (Phi) is 6.43. The summed E-state index contributed by atoms with van der Waals surface area (Å²) in [4.78, 5) is 11.7. The highest BCUT2D eigenvalue weighted by Crippen LogP contribution is 2.33. The highest BCUT2D eigenvalue weighted by molar-refractivity contribution is 9.10. The molecule has 1 rings (SSSR count). The molecule has 0 spiro atoms. The lowest BCUT2D eigenvalue weighted by Gasteiger charge is -2.10. The molecule has 100 valence electrons. The third-order valence-electron chi connectivity index (χ3n) is 2.33. The summed E-state index contributed by atoms with van der Waals surface area (Å²) in [6.45, 7) is 1.92. The zero-order valence-electron chi connectivity index (χ0n) is 9.97. The number of hydrogen-bond donors (Lipinski definition) is 2. The van der Waals surface area contributed by atoms with Crippen LogP contribution >= 0.6 is 39.1 Å². The van der Waals surface area contributed by atoms with Gasteiger partial charge in [-0.05, 0) is 31.9 Å². The molecule has 3 N–H and O–H groups in total. The van der Waals surface area contributed by atoms with Crippen molar-refractivity contribution in [1.29, 1.82) is 0 Å². The van der Waals surface area contributed by atoms with Crippen LogP contribution in [0.2, 0.25) is 10.0 Å². The van der Waals surface area contributed by atoms with Crippen molar-refractivity contribution in [3.63, 3.8) is 0 Å². The van der Waals surface area contributed by atoms with Crippen LogP contribution in [0.5, 0.6) is 0 Å². The van der Waals surface area contributed by atoms with Crippen molar-refractivity contribution < 1.29 is 4.79 Å². The fourth-order valence-corrected chi connectivity index (χ4v) is 2.75. The molecular formula is C12H15BrCl2N2O. The van der Waals surface area contributed by atoms with Gasteiger partial charge in [-0.1, -0.05) is 39.1 Å². The summed E-state index contributed by atoms with van der Waals surface area (Å²) < 4.78 is 0.771. The van der Waals surface area contributed by atoms with E-state index in [0.29, 0.717) is 22.2 Å². The molecule has 0 saturated heterocycles. The van der Waals surface area contributed by atoms with E-state index in [1.54, 1.807) is 12.1 Å². The van der Waals surface area contributed by atoms with Crippen LogP contribution in [0.3, 0.4) is 0 Å². The topological polar surface area (TPSA) is 55.1 Å². The van der Waals surface area contributed by atoms with Crippen molar-refractivity contribution in [1.82, 2.24) is 0 Å². The molecule has 0 saturated carbocycles. The van der Waals surface area contributed by atoms with Gasteiger partial charge in [0.05, 0.1) is 15.7 Å². The Balaban J connectivity index is 2.59. The molecule has 1 atom stereocenters. The van der Waals surface area contributed by atoms with E-state index in [0.717, 1.165) is 17.3 Å². The Hall–Kier alpha value is -0.290. The maximum absolute atomic E-state index is 11.7. The predicted octanol–water partition coefficient (Wildman–Crippen LogP) is 4.21. The smallest absolute Gasteiger partial charge is 0.224 e. The van der Waals surface area contributed by atoms with Gasteiger partial charge in [0.2, 0.25) is 5.91 Å². The average molecular weight is 354 g/mol. The maximum Gasteiger partial charge on any atom is 0.224 e. The number of rotatable bonds is 5. The normalized spacial score (nSPS) is 12.3. The van der Waals surface area contributed by atoms with E-state index in [2.05, 4.69) is 21.2 Å². The Labute approximate surface area is 125 Å². The zero-order valence-corrected chi connectivity index (χ0v) is 13.1. The summed E-state index contributed by atoms with van der Waals surface area (Å²) in [5.74, 6) is -0.109. The zero-order chi connectivity index (χ0) is 13.7. The number of carbonyl (C=O) groups excluding carboxylic acids is 1. The van der Waals surface area contributed by atoms with Gasteiger partial charge in [0.15, 0.2) is 0 Å². The molecule has 1 unspecified atom stereocenters. The van der Waals surface area contributed by atoms with Gasteiger partial charge in [-0.2, -0.15) is 0 Å². The number of carbonyl (C=O) groups is 1. The highest BCUT2D eigenvalue weighted by atomic mass is 79.9. The minimum Gasteiger partial charge on any atom is -0.328 e. The van der Waals surface area contributed by atoms with Crippen LogP contribution in [0, 0.1) is 0 Å². The second-order valence-electron chi connectivity index (χ2n) is 4.16. The Morgan fingerprint density at radius 2 is 2.00 bits per heavy atom. The molecule has 18 heavy (non-hydrogen) atoms. The SMILES string of the molecule is CC(N)CCCC(=O)Nc1c(Cl)cc(Br)cc1Cl. The third-order valence-corrected chi connectivity index (χ3v) is 3.39. The van der Waals surface area contributed by atoms with Gasteiger partial charge in [-0.25, -0.2) is 0 Å². The van der Waals surface area contributed by atoms with Gasteiger partial charge in [-0.3, -0.25) is 4.79 Å². The molecule has 6 heteroatoms. The van der Waals surface area contributed by atoms with Gasteiger partial charge >= 0.3 is 0 Å². The lowest BCUT2D eigenvalue weighted by molar-refractivity contribution is -0.116. The standard InChI is InChI=1S/C12H15BrCl2N2O/c1-7(16)3-2-4-11(18)17-12-9(14)5-8(13)6-10(12)15/h5-7H,2-4,16H2,1H3,(H,17,18). The minimum atomic E-state index is -0.109. The maximum atomic E-state index is 11.7. The molecule has 0 aliphatic heterocycles. The fraction of sp³-hybridized carbons (Fsp3) is 0.417. The van der Waals surface area contributed by atoms with Crippen molar-refractivity contribution in [2.75, 3.05) is 5.32 Å². The predicted molar refractivity (Wildman–Crippen MR) is 80.3 cm³/mol. The molecule has 1 aromatic rings. The largest absolute Gasteiger partial charge is 0.328 e. The first-order chi connectivity index (χ1) is 8.40. The van der Waals surface area contributed by atoms with Gasteiger partial charge in [0.1, 0.15) is 0 Å². The molecule has 0 aliphatic carbocycles. The van der Waals surface area contributed by atoms with Crippen molar-refractivity contribution in [3.05, 3.63) is 26.7 Å². The quantitative estimate of drug-likeness (QED) is 0.832. The third kappa shape index (κ3) is 5.14. The fourth-order valence-electron chi connectivity index (χ4n) is 1.45. The highest BCUT2D eigenvalue weighted by Gasteiger charge is 2.11. The lowest BCUT2D eigenvalue weighted by atomic mass is 10.1. The number of amides is 1. The van der Waals surface area contributed by atoms with Gasteiger partial charge < -0.3 is 11.1 Å². The molecule has 0 aromatic heterocycles. The van der Waals surface area contributed by atoms with E-state index in [9.17, 15) is 4.79 Å². The monoisotopic (exact) mass is 352 g/mol. The van der Waals surface area contributed by atoms with E-state index in [4.69, 9.17) is 28.9 Å². The van der Waals surface area contributed by atoms with E-state index in [1.165, 1.54) is 0 Å². The number of nitrogens with two attached hydrogens (primary N) is 1. The second kappa shape index (κ2) is 7.34. The van der Waals surface area contributed by atoms with Crippen LogP contribution in [0.25, 0.3) is 0 Å². The number of halogens is 3. The summed E-state index contributed by atoms with van der Waals surface area (Å²) >= 11 is 15.3. The van der Waals surface area contributed by atoms with Crippen molar-refractivity contribution >= 4 is 50.7 Å². The molecule has 1 aromatic carbocycles. The summed E-state index contributed by atoms with van der Waals surface area (Å²) in [5.41, 5.74) is 6.07. The van der Waals surface area contributed by atoms with Gasteiger partial charge in [0, 0.05) is 16.9 Å². The van der Waals surface area contributed by atoms with Crippen LogP contribution in [0.1, 0.15) is 26.2 Å². The van der Waals surface area contributed by atoms with E-state index < -0.39 is 0 Å². The molecule has 0 fully saturated rings. The summed E-state index contributed by atoms with van der Waals surface area (Å²) in [5, 5.41) is 3.54. The number of hydrogen-bond acceptors (Lipinski definition) is 2. The summed E-state index contributed by atoms with van der Waals surface area (Å²) in [6, 6.07) is 3.48. The van der Waals surface area contributed by atoms with Crippen molar-refractivity contribution in [2.24, 2.45) is 5.73 Å². The first-order valence-corrected chi connectivity index (χ1v) is 7.15. The Morgan fingerprint density at radius 1 is 1.44 bits per heavy atom. The lowest BCUT2D eigenvalue weighted by Crippen LogP contribution is -2.17. The molecule has 0 radical (unpaired) electrons. The van der Waals surface area contributed by atoms with Crippen molar-refractivity contribution in [2.45, 2.75) is 32.2 Å². The number of nitrogens with one attached hydrogen (secondary N) is 1. The number of benzene rings is 1.